The molecule has 8 heteroatoms. The molecule has 0 spiro atoms. The molecule has 0 aliphatic carbocycles. The summed E-state index contributed by atoms with van der Waals surface area (Å²) in [6.45, 7) is 1.51. The van der Waals surface area contributed by atoms with Crippen molar-refractivity contribution in [1.82, 2.24) is 15.5 Å². The molecule has 1 rings (SSSR count). The second kappa shape index (κ2) is 10.6. The maximum atomic E-state index is 12.3. The van der Waals surface area contributed by atoms with Gasteiger partial charge in [-0.3, -0.25) is 4.79 Å². The minimum atomic E-state index is -4.41. The molecule has 0 saturated heterocycles. The van der Waals surface area contributed by atoms with Crippen molar-refractivity contribution in [3.63, 3.8) is 0 Å². The van der Waals surface area contributed by atoms with Crippen LogP contribution in [0.4, 0.5) is 13.2 Å². The molecule has 0 aliphatic rings. The summed E-state index contributed by atoms with van der Waals surface area (Å²) in [4.78, 5) is 16.4. The maximum Gasteiger partial charge on any atom is 0.406 e. The van der Waals surface area contributed by atoms with Crippen molar-refractivity contribution in [2.45, 2.75) is 25.9 Å². The Kier molecular flexibility index (Phi) is 8.80. The molecule has 0 heterocycles. The molecule has 0 unspecified atom stereocenters. The fourth-order valence-electron chi connectivity index (χ4n) is 2.11. The predicted molar refractivity (Wildman–Crippen MR) is 92.4 cm³/mol. The lowest BCUT2D eigenvalue weighted by molar-refractivity contribution is -0.157. The van der Waals surface area contributed by atoms with E-state index in [-0.39, 0.29) is 6.54 Å². The molecule has 0 fully saturated rings. The zero-order valence-corrected chi connectivity index (χ0v) is 14.6. The average molecular weight is 358 g/mol. The number of rotatable bonds is 8. The lowest BCUT2D eigenvalue weighted by Crippen LogP contribution is -2.40. The van der Waals surface area contributed by atoms with Crippen molar-refractivity contribution in [2.24, 2.45) is 4.99 Å². The van der Waals surface area contributed by atoms with E-state index >= 15 is 0 Å². The Bertz CT molecular complexity index is 547. The topological polar surface area (TPSA) is 56.7 Å². The molecular weight excluding hydrogens is 333 g/mol. The Balaban J connectivity index is 2.41. The third-order valence-corrected chi connectivity index (χ3v) is 3.34. The Morgan fingerprint density at radius 1 is 1.20 bits per heavy atom. The molecule has 1 aromatic carbocycles. The number of hydrogen-bond acceptors (Lipinski definition) is 2. The van der Waals surface area contributed by atoms with E-state index in [2.05, 4.69) is 27.8 Å². The van der Waals surface area contributed by atoms with Crippen molar-refractivity contribution < 1.29 is 18.0 Å². The summed E-state index contributed by atoms with van der Waals surface area (Å²) in [6, 6.07) is 10.0. The molecule has 0 atom stereocenters. The van der Waals surface area contributed by atoms with Crippen LogP contribution in [0.3, 0.4) is 0 Å². The number of likely N-dealkylation sites (N-methyl/N-ethyl adjacent to an activating group) is 1. The third kappa shape index (κ3) is 9.59. The van der Waals surface area contributed by atoms with Crippen LogP contribution in [0, 0.1) is 0 Å². The molecule has 1 aromatic rings. The van der Waals surface area contributed by atoms with Gasteiger partial charge in [-0.25, -0.2) is 4.99 Å². The molecule has 2 N–H and O–H groups in total. The summed E-state index contributed by atoms with van der Waals surface area (Å²) < 4.78 is 36.8. The first-order valence-corrected chi connectivity index (χ1v) is 8.18. The van der Waals surface area contributed by atoms with E-state index in [0.29, 0.717) is 23.9 Å². The van der Waals surface area contributed by atoms with Gasteiger partial charge in [-0.15, -0.1) is 0 Å². The van der Waals surface area contributed by atoms with Crippen LogP contribution in [-0.2, 0) is 11.2 Å². The molecule has 25 heavy (non-hydrogen) atoms. The van der Waals surface area contributed by atoms with Gasteiger partial charge in [-0.1, -0.05) is 30.3 Å². The second-order valence-corrected chi connectivity index (χ2v) is 5.58. The summed E-state index contributed by atoms with van der Waals surface area (Å²) in [5.74, 6) is -0.261. The van der Waals surface area contributed by atoms with Gasteiger partial charge in [-0.05, 0) is 25.3 Å². The van der Waals surface area contributed by atoms with Crippen molar-refractivity contribution in [3.05, 3.63) is 35.9 Å². The van der Waals surface area contributed by atoms with E-state index in [1.165, 1.54) is 5.56 Å². The fraction of sp³-hybridized carbons (Fsp3) is 0.529. The quantitative estimate of drug-likeness (QED) is 0.426. The molecule has 0 saturated carbocycles. The van der Waals surface area contributed by atoms with Crippen molar-refractivity contribution >= 4 is 11.9 Å². The van der Waals surface area contributed by atoms with E-state index < -0.39 is 18.6 Å². The Morgan fingerprint density at radius 2 is 1.88 bits per heavy atom. The lowest BCUT2D eigenvalue weighted by Gasteiger charge is -2.18. The minimum absolute atomic E-state index is 0.333. The summed E-state index contributed by atoms with van der Waals surface area (Å²) in [5, 5.41) is 6.05. The predicted octanol–water partition coefficient (Wildman–Crippen LogP) is 2.19. The number of aliphatic imine (C=N–C) groups is 1. The highest BCUT2D eigenvalue weighted by atomic mass is 19.4. The number of nitrogens with zero attached hydrogens (tertiary/aromatic N) is 2. The van der Waals surface area contributed by atoms with E-state index in [9.17, 15) is 18.0 Å². The van der Waals surface area contributed by atoms with Crippen LogP contribution in [-0.4, -0.2) is 56.2 Å². The van der Waals surface area contributed by atoms with Gasteiger partial charge in [-0.2, -0.15) is 13.2 Å². The molecule has 0 radical (unpaired) electrons. The first kappa shape index (κ1) is 20.8. The van der Waals surface area contributed by atoms with Gasteiger partial charge < -0.3 is 15.5 Å². The van der Waals surface area contributed by atoms with Gasteiger partial charge in [0.15, 0.2) is 5.96 Å². The number of hydrogen-bond donors (Lipinski definition) is 2. The van der Waals surface area contributed by atoms with E-state index in [1.54, 1.807) is 0 Å². The van der Waals surface area contributed by atoms with Crippen LogP contribution in [0.5, 0.6) is 0 Å². The summed E-state index contributed by atoms with van der Waals surface area (Å²) in [6.07, 6.45) is -2.63. The summed E-state index contributed by atoms with van der Waals surface area (Å²) >= 11 is 0. The standard InChI is InChI=1S/C17H25F3N4O/c1-3-21-16(22-11-7-10-14-8-5-4-6-9-14)23-12-15(25)24(2)13-17(18,19)20/h4-6,8-9H,3,7,10-13H2,1-2H3,(H2,21,22,23). The first-order chi connectivity index (χ1) is 11.8. The summed E-state index contributed by atoms with van der Waals surface area (Å²) in [7, 11) is 1.12. The Labute approximate surface area is 146 Å². The zero-order chi connectivity index (χ0) is 18.7. The molecule has 0 bridgehead atoms. The molecule has 1 amide bonds. The number of aryl methyl sites for hydroxylation is 1. The van der Waals surface area contributed by atoms with Gasteiger partial charge in [0.2, 0.25) is 5.91 Å². The smallest absolute Gasteiger partial charge is 0.357 e. The third-order valence-electron chi connectivity index (χ3n) is 3.34. The largest absolute Gasteiger partial charge is 0.406 e. The molecule has 0 aliphatic heterocycles. The van der Waals surface area contributed by atoms with Gasteiger partial charge in [0.05, 0.1) is 0 Å². The number of guanidine groups is 1. The van der Waals surface area contributed by atoms with Crippen molar-refractivity contribution in [1.29, 1.82) is 0 Å². The number of nitrogens with one attached hydrogen (secondary N) is 2. The van der Waals surface area contributed by atoms with Crippen LogP contribution >= 0.6 is 0 Å². The number of alkyl halides is 3. The second-order valence-electron chi connectivity index (χ2n) is 5.58. The SMILES string of the molecule is CCNC(=NCC(=O)N(C)CC(F)(F)F)NCCCc1ccccc1. The number of carbonyl (C=O) groups is 1. The van der Waals surface area contributed by atoms with Crippen LogP contribution in [0.1, 0.15) is 18.9 Å². The zero-order valence-electron chi connectivity index (χ0n) is 14.6. The molecule has 140 valence electrons. The van der Waals surface area contributed by atoms with Crippen LogP contribution in [0.2, 0.25) is 0 Å². The van der Waals surface area contributed by atoms with Gasteiger partial charge in [0, 0.05) is 20.1 Å². The first-order valence-electron chi connectivity index (χ1n) is 8.18. The minimum Gasteiger partial charge on any atom is -0.357 e. The highest BCUT2D eigenvalue weighted by Gasteiger charge is 2.30. The van der Waals surface area contributed by atoms with Crippen LogP contribution in [0.15, 0.2) is 35.3 Å². The van der Waals surface area contributed by atoms with Crippen LogP contribution in [0.25, 0.3) is 0 Å². The fourth-order valence-corrected chi connectivity index (χ4v) is 2.11. The summed E-state index contributed by atoms with van der Waals surface area (Å²) in [5.41, 5.74) is 1.23. The lowest BCUT2D eigenvalue weighted by atomic mass is 10.1. The van der Waals surface area contributed by atoms with Crippen LogP contribution < -0.4 is 10.6 Å². The van der Waals surface area contributed by atoms with E-state index in [4.69, 9.17) is 0 Å². The number of benzene rings is 1. The van der Waals surface area contributed by atoms with Crippen molar-refractivity contribution in [3.8, 4) is 0 Å². The Morgan fingerprint density at radius 3 is 2.48 bits per heavy atom. The average Bonchev–Trinajstić information content (AvgIpc) is 2.55. The molecule has 5 nitrogen and oxygen atoms in total. The highest BCUT2D eigenvalue weighted by Crippen LogP contribution is 2.15. The molecule has 0 aromatic heterocycles. The van der Waals surface area contributed by atoms with E-state index in [0.717, 1.165) is 19.9 Å². The monoisotopic (exact) mass is 358 g/mol. The highest BCUT2D eigenvalue weighted by molar-refractivity contribution is 5.84. The van der Waals surface area contributed by atoms with Gasteiger partial charge in [0.1, 0.15) is 13.1 Å². The normalized spacial score (nSPS) is 12.0. The van der Waals surface area contributed by atoms with Crippen molar-refractivity contribution in [2.75, 3.05) is 33.2 Å². The van der Waals surface area contributed by atoms with E-state index in [1.807, 2.05) is 25.1 Å². The maximum absolute atomic E-state index is 12.3. The number of carbonyl (C=O) groups excluding carboxylic acids is 1. The molecular formula is C17H25F3N4O. The number of halogens is 3. The Hall–Kier alpha value is -2.25. The number of amides is 1. The van der Waals surface area contributed by atoms with Gasteiger partial charge in [0.25, 0.3) is 0 Å². The van der Waals surface area contributed by atoms with Gasteiger partial charge >= 0.3 is 6.18 Å².